The van der Waals surface area contributed by atoms with Crippen molar-refractivity contribution in [2.45, 2.75) is 19.9 Å². The Hall–Kier alpha value is -2.12. The van der Waals surface area contributed by atoms with Gasteiger partial charge in [0.1, 0.15) is 0 Å². The van der Waals surface area contributed by atoms with Crippen molar-refractivity contribution in [3.63, 3.8) is 0 Å². The summed E-state index contributed by atoms with van der Waals surface area (Å²) in [6.07, 6.45) is 0.903. The average molecular weight is 359 g/mol. The zero-order valence-electron chi connectivity index (χ0n) is 14.2. The van der Waals surface area contributed by atoms with Crippen molar-refractivity contribution >= 4 is 17.2 Å². The van der Waals surface area contributed by atoms with Crippen LogP contribution in [0, 0.1) is 6.92 Å². The standard InChI is InChI=1S/C18H21N3O3S/c1-13-19-15(11-25-13)4-5-20-6-7-21(18(22)10-20)9-14-2-3-16-17(8-14)24-12-23-16/h2-3,8,11H,4-7,9-10,12H2,1H3. The van der Waals surface area contributed by atoms with Crippen molar-refractivity contribution in [2.75, 3.05) is 33.0 Å². The highest BCUT2D eigenvalue weighted by atomic mass is 32.1. The van der Waals surface area contributed by atoms with Gasteiger partial charge in [0, 0.05) is 38.0 Å². The number of nitrogens with zero attached hydrogens (tertiary/aromatic N) is 3. The van der Waals surface area contributed by atoms with Crippen LogP contribution < -0.4 is 9.47 Å². The van der Waals surface area contributed by atoms with E-state index in [4.69, 9.17) is 9.47 Å². The molecule has 2 aliphatic heterocycles. The highest BCUT2D eigenvalue weighted by Gasteiger charge is 2.24. The van der Waals surface area contributed by atoms with E-state index in [1.54, 1.807) is 11.3 Å². The number of carbonyl (C=O) groups is 1. The number of hydrogen-bond acceptors (Lipinski definition) is 6. The van der Waals surface area contributed by atoms with Gasteiger partial charge in [0.25, 0.3) is 0 Å². The van der Waals surface area contributed by atoms with Crippen LogP contribution in [0.3, 0.4) is 0 Å². The van der Waals surface area contributed by atoms with Crippen molar-refractivity contribution < 1.29 is 14.3 Å². The monoisotopic (exact) mass is 359 g/mol. The summed E-state index contributed by atoms with van der Waals surface area (Å²) in [6.45, 7) is 5.93. The summed E-state index contributed by atoms with van der Waals surface area (Å²) in [7, 11) is 0. The fourth-order valence-corrected chi connectivity index (χ4v) is 3.82. The largest absolute Gasteiger partial charge is 0.454 e. The van der Waals surface area contributed by atoms with Crippen LogP contribution in [0.15, 0.2) is 23.6 Å². The summed E-state index contributed by atoms with van der Waals surface area (Å²) >= 11 is 1.68. The second kappa shape index (κ2) is 7.01. The van der Waals surface area contributed by atoms with E-state index in [1.807, 2.05) is 30.0 Å². The average Bonchev–Trinajstić information content (AvgIpc) is 3.23. The van der Waals surface area contributed by atoms with E-state index < -0.39 is 0 Å². The molecule has 1 aromatic carbocycles. The molecular weight excluding hydrogens is 338 g/mol. The molecule has 7 heteroatoms. The molecule has 25 heavy (non-hydrogen) atoms. The lowest BCUT2D eigenvalue weighted by Gasteiger charge is -2.34. The van der Waals surface area contributed by atoms with E-state index in [1.165, 1.54) is 0 Å². The van der Waals surface area contributed by atoms with Crippen LogP contribution in [0.1, 0.15) is 16.3 Å². The van der Waals surface area contributed by atoms with Crippen molar-refractivity contribution in [3.05, 3.63) is 39.8 Å². The first-order valence-electron chi connectivity index (χ1n) is 8.47. The minimum absolute atomic E-state index is 0.179. The lowest BCUT2D eigenvalue weighted by Crippen LogP contribution is -2.50. The number of piperazine rings is 1. The molecule has 1 aromatic heterocycles. The SMILES string of the molecule is Cc1nc(CCN2CCN(Cc3ccc4c(c3)OCO4)C(=O)C2)cs1. The molecule has 0 radical (unpaired) electrons. The normalized spacial score (nSPS) is 17.3. The molecule has 3 heterocycles. The third kappa shape index (κ3) is 3.77. The second-order valence-electron chi connectivity index (χ2n) is 6.39. The molecule has 2 aromatic rings. The van der Waals surface area contributed by atoms with Crippen molar-refractivity contribution in [1.29, 1.82) is 0 Å². The maximum atomic E-state index is 12.5. The quantitative estimate of drug-likeness (QED) is 0.818. The van der Waals surface area contributed by atoms with Gasteiger partial charge in [-0.2, -0.15) is 0 Å². The predicted molar refractivity (Wildman–Crippen MR) is 95.0 cm³/mol. The van der Waals surface area contributed by atoms with E-state index in [2.05, 4.69) is 15.3 Å². The lowest BCUT2D eigenvalue weighted by molar-refractivity contribution is -0.136. The molecule has 0 N–H and O–H groups in total. The first-order valence-corrected chi connectivity index (χ1v) is 9.35. The van der Waals surface area contributed by atoms with E-state index in [0.29, 0.717) is 13.1 Å². The number of fused-ring (bicyclic) bond motifs is 1. The minimum Gasteiger partial charge on any atom is -0.454 e. The van der Waals surface area contributed by atoms with Gasteiger partial charge in [-0.1, -0.05) is 6.07 Å². The number of thiazole rings is 1. The molecule has 1 fully saturated rings. The van der Waals surface area contributed by atoms with Crippen molar-refractivity contribution in [2.24, 2.45) is 0 Å². The third-order valence-electron chi connectivity index (χ3n) is 4.56. The molecule has 0 aliphatic carbocycles. The number of amides is 1. The van der Waals surface area contributed by atoms with Crippen LogP contribution in [0.2, 0.25) is 0 Å². The summed E-state index contributed by atoms with van der Waals surface area (Å²) in [5, 5.41) is 3.20. The Bertz CT molecular complexity index is 777. The van der Waals surface area contributed by atoms with Crippen LogP contribution in [-0.4, -0.2) is 53.7 Å². The van der Waals surface area contributed by atoms with Crippen LogP contribution in [0.4, 0.5) is 0 Å². The molecule has 1 saturated heterocycles. The van der Waals surface area contributed by atoms with Crippen LogP contribution >= 0.6 is 11.3 Å². The third-order valence-corrected chi connectivity index (χ3v) is 5.38. The highest BCUT2D eigenvalue weighted by Crippen LogP contribution is 2.32. The number of carbonyl (C=O) groups excluding carboxylic acids is 1. The summed E-state index contributed by atoms with van der Waals surface area (Å²) in [4.78, 5) is 21.1. The van der Waals surface area contributed by atoms with Crippen molar-refractivity contribution in [3.8, 4) is 11.5 Å². The number of benzene rings is 1. The number of aromatic nitrogens is 1. The Kier molecular flexibility index (Phi) is 4.59. The van der Waals surface area contributed by atoms with Gasteiger partial charge in [0.05, 0.1) is 17.2 Å². The Morgan fingerprint density at radius 3 is 2.92 bits per heavy atom. The van der Waals surface area contributed by atoms with Gasteiger partial charge in [0.15, 0.2) is 11.5 Å². The van der Waals surface area contributed by atoms with E-state index >= 15 is 0 Å². The van der Waals surface area contributed by atoms with E-state index in [9.17, 15) is 4.79 Å². The van der Waals surface area contributed by atoms with E-state index in [0.717, 1.165) is 53.8 Å². The second-order valence-corrected chi connectivity index (χ2v) is 7.45. The van der Waals surface area contributed by atoms with Crippen molar-refractivity contribution in [1.82, 2.24) is 14.8 Å². The highest BCUT2D eigenvalue weighted by molar-refractivity contribution is 7.09. The summed E-state index contributed by atoms with van der Waals surface area (Å²) in [6, 6.07) is 5.87. The van der Waals surface area contributed by atoms with Gasteiger partial charge < -0.3 is 14.4 Å². The summed E-state index contributed by atoms with van der Waals surface area (Å²) in [5.41, 5.74) is 2.20. The summed E-state index contributed by atoms with van der Waals surface area (Å²) in [5.74, 6) is 1.72. The zero-order valence-corrected chi connectivity index (χ0v) is 15.1. The maximum absolute atomic E-state index is 12.5. The first kappa shape index (κ1) is 16.4. The van der Waals surface area contributed by atoms with Crippen LogP contribution in [-0.2, 0) is 17.8 Å². The minimum atomic E-state index is 0.179. The molecule has 0 saturated carbocycles. The Balaban J connectivity index is 1.30. The molecule has 132 valence electrons. The fourth-order valence-electron chi connectivity index (χ4n) is 3.17. The van der Waals surface area contributed by atoms with E-state index in [-0.39, 0.29) is 12.7 Å². The molecule has 0 atom stereocenters. The molecular formula is C18H21N3O3S. The first-order chi connectivity index (χ1) is 12.2. The van der Waals surface area contributed by atoms with Gasteiger partial charge >= 0.3 is 0 Å². The smallest absolute Gasteiger partial charge is 0.237 e. The molecule has 1 amide bonds. The predicted octanol–water partition coefficient (Wildman–Crippen LogP) is 2.07. The molecule has 2 aliphatic rings. The molecule has 6 nitrogen and oxygen atoms in total. The summed E-state index contributed by atoms with van der Waals surface area (Å²) < 4.78 is 10.7. The Morgan fingerprint density at radius 1 is 1.24 bits per heavy atom. The molecule has 4 rings (SSSR count). The van der Waals surface area contributed by atoms with Crippen LogP contribution in [0.5, 0.6) is 11.5 Å². The maximum Gasteiger partial charge on any atom is 0.237 e. The van der Waals surface area contributed by atoms with Gasteiger partial charge in [-0.15, -0.1) is 11.3 Å². The topological polar surface area (TPSA) is 54.9 Å². The van der Waals surface area contributed by atoms with Gasteiger partial charge in [-0.3, -0.25) is 9.69 Å². The fraction of sp³-hybridized carbons (Fsp3) is 0.444. The molecule has 0 unspecified atom stereocenters. The molecule has 0 spiro atoms. The Labute approximate surface area is 151 Å². The number of hydrogen-bond donors (Lipinski definition) is 0. The number of aryl methyl sites for hydroxylation is 1. The zero-order chi connectivity index (χ0) is 17.2. The van der Waals surface area contributed by atoms with Crippen LogP contribution in [0.25, 0.3) is 0 Å². The lowest BCUT2D eigenvalue weighted by atomic mass is 10.1. The van der Waals surface area contributed by atoms with Gasteiger partial charge in [0.2, 0.25) is 12.7 Å². The van der Waals surface area contributed by atoms with Gasteiger partial charge in [-0.25, -0.2) is 4.98 Å². The molecule has 0 bridgehead atoms. The number of rotatable bonds is 5. The van der Waals surface area contributed by atoms with Gasteiger partial charge in [-0.05, 0) is 24.6 Å². The number of ether oxygens (including phenoxy) is 2. The Morgan fingerprint density at radius 2 is 2.12 bits per heavy atom.